The van der Waals surface area contributed by atoms with Gasteiger partial charge in [-0.2, -0.15) is 0 Å². The van der Waals surface area contributed by atoms with E-state index in [1.54, 1.807) is 29.2 Å². The van der Waals surface area contributed by atoms with Gasteiger partial charge in [-0.15, -0.1) is 0 Å². The van der Waals surface area contributed by atoms with Crippen molar-refractivity contribution >= 4 is 17.5 Å². The zero-order valence-corrected chi connectivity index (χ0v) is 14.8. The van der Waals surface area contributed by atoms with Gasteiger partial charge in [0.15, 0.2) is 0 Å². The predicted octanol–water partition coefficient (Wildman–Crippen LogP) is 3.84. The van der Waals surface area contributed by atoms with E-state index in [0.29, 0.717) is 18.7 Å². The van der Waals surface area contributed by atoms with Gasteiger partial charge < -0.3 is 10.2 Å². The van der Waals surface area contributed by atoms with Crippen molar-refractivity contribution in [3.63, 3.8) is 0 Å². The van der Waals surface area contributed by atoms with Crippen molar-refractivity contribution in [2.24, 2.45) is 0 Å². The maximum Gasteiger partial charge on any atom is 0.253 e. The quantitative estimate of drug-likeness (QED) is 0.871. The first kappa shape index (κ1) is 17.2. The average molecular weight is 336 g/mol. The first-order valence-corrected chi connectivity index (χ1v) is 8.87. The molecule has 0 heterocycles. The highest BCUT2D eigenvalue weighted by Gasteiger charge is 2.51. The molecule has 1 aliphatic rings. The fourth-order valence-electron chi connectivity index (χ4n) is 3.17. The van der Waals surface area contributed by atoms with Crippen LogP contribution < -0.4 is 5.32 Å². The minimum Gasteiger partial charge on any atom is -0.339 e. The fraction of sp³-hybridized carbons (Fsp3) is 0.333. The van der Waals surface area contributed by atoms with Crippen LogP contribution in [0.4, 0.5) is 5.69 Å². The second-order valence-corrected chi connectivity index (χ2v) is 6.46. The van der Waals surface area contributed by atoms with Gasteiger partial charge in [-0.25, -0.2) is 0 Å². The smallest absolute Gasteiger partial charge is 0.253 e. The van der Waals surface area contributed by atoms with Crippen LogP contribution >= 0.6 is 0 Å². The Morgan fingerprint density at radius 1 is 0.960 bits per heavy atom. The number of carbonyl (C=O) groups is 2. The van der Waals surface area contributed by atoms with Crippen molar-refractivity contribution < 1.29 is 9.59 Å². The normalized spacial score (nSPS) is 14.6. The average Bonchev–Trinajstić information content (AvgIpc) is 3.46. The largest absolute Gasteiger partial charge is 0.339 e. The molecule has 3 rings (SSSR count). The molecule has 0 spiro atoms. The van der Waals surface area contributed by atoms with Crippen molar-refractivity contribution in [3.05, 3.63) is 65.7 Å². The van der Waals surface area contributed by atoms with E-state index in [1.807, 2.05) is 44.2 Å². The summed E-state index contributed by atoms with van der Waals surface area (Å²) >= 11 is 0. The summed E-state index contributed by atoms with van der Waals surface area (Å²) in [5.41, 5.74) is 2.05. The lowest BCUT2D eigenvalue weighted by Gasteiger charge is -2.19. The van der Waals surface area contributed by atoms with Crippen LogP contribution in [0.15, 0.2) is 54.6 Å². The highest BCUT2D eigenvalue weighted by Crippen LogP contribution is 2.48. The molecule has 0 unspecified atom stereocenters. The Bertz CT molecular complexity index is 745. The number of rotatable bonds is 6. The Morgan fingerprint density at radius 2 is 1.56 bits per heavy atom. The highest BCUT2D eigenvalue weighted by molar-refractivity contribution is 6.02. The van der Waals surface area contributed by atoms with Crippen molar-refractivity contribution in [2.45, 2.75) is 32.1 Å². The zero-order chi connectivity index (χ0) is 17.9. The summed E-state index contributed by atoms with van der Waals surface area (Å²) in [6, 6.07) is 17.1. The van der Waals surface area contributed by atoms with Crippen LogP contribution in [0.2, 0.25) is 0 Å². The molecule has 0 aromatic heterocycles. The standard InChI is InChI=1S/C21H24N2O2/c1-3-23(4-2)19(24)16-10-12-18(13-11-16)22-20(25)21(14-15-21)17-8-6-5-7-9-17/h5-13H,3-4,14-15H2,1-2H3,(H,22,25). The minimum absolute atomic E-state index is 0.0193. The molecule has 0 bridgehead atoms. The van der Waals surface area contributed by atoms with E-state index in [9.17, 15) is 9.59 Å². The highest BCUT2D eigenvalue weighted by atomic mass is 16.2. The van der Waals surface area contributed by atoms with Gasteiger partial charge in [0, 0.05) is 24.3 Å². The zero-order valence-electron chi connectivity index (χ0n) is 14.8. The summed E-state index contributed by atoms with van der Waals surface area (Å²) < 4.78 is 0. The molecule has 1 saturated carbocycles. The maximum atomic E-state index is 12.7. The van der Waals surface area contributed by atoms with Crippen LogP contribution in [0, 0.1) is 0 Å². The van der Waals surface area contributed by atoms with E-state index in [1.165, 1.54) is 0 Å². The van der Waals surface area contributed by atoms with Crippen molar-refractivity contribution in [1.29, 1.82) is 0 Å². The van der Waals surface area contributed by atoms with Crippen LogP contribution in [-0.4, -0.2) is 29.8 Å². The lowest BCUT2D eigenvalue weighted by Crippen LogP contribution is -2.30. The van der Waals surface area contributed by atoms with Gasteiger partial charge in [-0.05, 0) is 56.5 Å². The van der Waals surface area contributed by atoms with Crippen LogP contribution in [-0.2, 0) is 10.2 Å². The fourth-order valence-corrected chi connectivity index (χ4v) is 3.17. The molecular weight excluding hydrogens is 312 g/mol. The van der Waals surface area contributed by atoms with Crippen LogP contribution in [0.25, 0.3) is 0 Å². The first-order chi connectivity index (χ1) is 12.1. The topological polar surface area (TPSA) is 49.4 Å². The molecule has 0 atom stereocenters. The summed E-state index contributed by atoms with van der Waals surface area (Å²) in [5, 5.41) is 3.00. The van der Waals surface area contributed by atoms with E-state index < -0.39 is 5.41 Å². The predicted molar refractivity (Wildman–Crippen MR) is 99.7 cm³/mol. The van der Waals surface area contributed by atoms with Crippen molar-refractivity contribution in [3.8, 4) is 0 Å². The van der Waals surface area contributed by atoms with Gasteiger partial charge in [0.2, 0.25) is 5.91 Å². The number of amides is 2. The monoisotopic (exact) mass is 336 g/mol. The number of anilines is 1. The third kappa shape index (κ3) is 3.43. The molecule has 0 aliphatic heterocycles. The molecule has 1 N–H and O–H groups in total. The second-order valence-electron chi connectivity index (χ2n) is 6.46. The van der Waals surface area contributed by atoms with Crippen LogP contribution in [0.1, 0.15) is 42.6 Å². The first-order valence-electron chi connectivity index (χ1n) is 8.87. The third-order valence-corrected chi connectivity index (χ3v) is 4.95. The van der Waals surface area contributed by atoms with Gasteiger partial charge in [-0.3, -0.25) is 9.59 Å². The molecule has 1 fully saturated rings. The van der Waals surface area contributed by atoms with Gasteiger partial charge in [0.25, 0.3) is 5.91 Å². The van der Waals surface area contributed by atoms with Gasteiger partial charge in [0.05, 0.1) is 5.41 Å². The van der Waals surface area contributed by atoms with E-state index in [-0.39, 0.29) is 11.8 Å². The second kappa shape index (κ2) is 7.09. The molecule has 130 valence electrons. The molecule has 4 nitrogen and oxygen atoms in total. The third-order valence-electron chi connectivity index (χ3n) is 4.95. The molecule has 2 amide bonds. The number of hydrogen-bond donors (Lipinski definition) is 1. The van der Waals surface area contributed by atoms with Crippen LogP contribution in [0.3, 0.4) is 0 Å². The maximum absolute atomic E-state index is 12.7. The van der Waals surface area contributed by atoms with Gasteiger partial charge in [-0.1, -0.05) is 30.3 Å². The summed E-state index contributed by atoms with van der Waals surface area (Å²) in [7, 11) is 0. The summed E-state index contributed by atoms with van der Waals surface area (Å²) in [6.07, 6.45) is 1.75. The Hall–Kier alpha value is -2.62. The molecule has 0 radical (unpaired) electrons. The molecule has 2 aromatic carbocycles. The summed E-state index contributed by atoms with van der Waals surface area (Å²) in [6.45, 7) is 5.31. The van der Waals surface area contributed by atoms with E-state index in [0.717, 1.165) is 24.1 Å². The van der Waals surface area contributed by atoms with E-state index in [2.05, 4.69) is 5.32 Å². The Labute approximate surface area is 148 Å². The molecule has 25 heavy (non-hydrogen) atoms. The minimum atomic E-state index is -0.392. The molecular formula is C21H24N2O2. The number of carbonyl (C=O) groups excluding carboxylic acids is 2. The molecule has 2 aromatic rings. The molecule has 0 saturated heterocycles. The van der Waals surface area contributed by atoms with Crippen molar-refractivity contribution in [2.75, 3.05) is 18.4 Å². The Morgan fingerprint density at radius 3 is 2.08 bits per heavy atom. The van der Waals surface area contributed by atoms with E-state index in [4.69, 9.17) is 0 Å². The van der Waals surface area contributed by atoms with Gasteiger partial charge >= 0.3 is 0 Å². The van der Waals surface area contributed by atoms with Crippen molar-refractivity contribution in [1.82, 2.24) is 4.90 Å². The lowest BCUT2D eigenvalue weighted by molar-refractivity contribution is -0.118. The number of nitrogens with one attached hydrogen (secondary N) is 1. The molecule has 4 heteroatoms. The summed E-state index contributed by atoms with van der Waals surface area (Å²) in [5.74, 6) is 0.0485. The summed E-state index contributed by atoms with van der Waals surface area (Å²) in [4.78, 5) is 26.8. The van der Waals surface area contributed by atoms with E-state index >= 15 is 0 Å². The van der Waals surface area contributed by atoms with Gasteiger partial charge in [0.1, 0.15) is 0 Å². The number of nitrogens with zero attached hydrogens (tertiary/aromatic N) is 1. The Kier molecular flexibility index (Phi) is 4.88. The Balaban J connectivity index is 1.70. The number of hydrogen-bond acceptors (Lipinski definition) is 2. The SMILES string of the molecule is CCN(CC)C(=O)c1ccc(NC(=O)C2(c3ccccc3)CC2)cc1. The lowest BCUT2D eigenvalue weighted by atomic mass is 9.95. The van der Waals surface area contributed by atoms with Crippen LogP contribution in [0.5, 0.6) is 0 Å². The number of benzene rings is 2. The molecule has 1 aliphatic carbocycles.